The van der Waals surface area contributed by atoms with Crippen LogP contribution in [0.2, 0.25) is 0 Å². The van der Waals surface area contributed by atoms with Gasteiger partial charge in [-0.15, -0.1) is 10.2 Å². The van der Waals surface area contributed by atoms with E-state index in [1.165, 1.54) is 16.7 Å². The smallest absolute Gasteiger partial charge is 0.277 e. The molecule has 1 heterocycles. The highest BCUT2D eigenvalue weighted by Gasteiger charge is 2.13. The number of aromatic nitrogens is 2. The van der Waals surface area contributed by atoms with E-state index in [1.807, 2.05) is 24.3 Å². The molecule has 0 bridgehead atoms. The zero-order valence-electron chi connectivity index (χ0n) is 13.4. The first-order valence-corrected chi connectivity index (χ1v) is 8.32. The zero-order chi connectivity index (χ0) is 16.2. The monoisotopic (exact) mass is 326 g/mol. The normalized spacial score (nSPS) is 10.7. The topological polar surface area (TPSA) is 48.2 Å². The van der Waals surface area contributed by atoms with Gasteiger partial charge < -0.3 is 9.15 Å². The number of benzene rings is 2. The summed E-state index contributed by atoms with van der Waals surface area (Å²) in [4.78, 5) is 0. The van der Waals surface area contributed by atoms with E-state index in [2.05, 4.69) is 42.2 Å². The Labute approximate surface area is 139 Å². The van der Waals surface area contributed by atoms with Gasteiger partial charge in [0.2, 0.25) is 0 Å². The molecule has 5 heteroatoms. The third-order valence-corrected chi connectivity index (χ3v) is 4.46. The van der Waals surface area contributed by atoms with Crippen molar-refractivity contribution in [2.24, 2.45) is 0 Å². The maximum absolute atomic E-state index is 5.76. The lowest BCUT2D eigenvalue weighted by Gasteiger charge is -2.05. The summed E-state index contributed by atoms with van der Waals surface area (Å²) in [6.07, 6.45) is 0. The van der Waals surface area contributed by atoms with Gasteiger partial charge in [0.25, 0.3) is 11.1 Å². The average Bonchev–Trinajstić information content (AvgIpc) is 3.03. The van der Waals surface area contributed by atoms with Crippen molar-refractivity contribution in [3.8, 4) is 17.2 Å². The molecule has 1 aromatic heterocycles. The number of aryl methyl sites for hydroxylation is 2. The van der Waals surface area contributed by atoms with E-state index in [4.69, 9.17) is 9.15 Å². The molecule has 0 aliphatic rings. The lowest BCUT2D eigenvalue weighted by molar-refractivity contribution is 0.411. The molecule has 0 saturated heterocycles. The van der Waals surface area contributed by atoms with Crippen molar-refractivity contribution in [2.75, 3.05) is 7.11 Å². The Hall–Kier alpha value is -2.27. The van der Waals surface area contributed by atoms with Gasteiger partial charge in [-0.05, 0) is 37.1 Å². The summed E-state index contributed by atoms with van der Waals surface area (Å²) < 4.78 is 11.1. The minimum absolute atomic E-state index is 0.477. The van der Waals surface area contributed by atoms with Crippen LogP contribution in [0.4, 0.5) is 0 Å². The molecule has 0 unspecified atom stereocenters. The van der Waals surface area contributed by atoms with Crippen LogP contribution in [0.25, 0.3) is 11.5 Å². The van der Waals surface area contributed by atoms with E-state index in [1.54, 1.807) is 18.9 Å². The molecular formula is C18H18N2O2S. The number of thioether (sulfide) groups is 1. The van der Waals surface area contributed by atoms with Crippen molar-refractivity contribution in [1.29, 1.82) is 0 Å². The van der Waals surface area contributed by atoms with E-state index in [9.17, 15) is 0 Å². The van der Waals surface area contributed by atoms with Crippen molar-refractivity contribution >= 4 is 11.8 Å². The van der Waals surface area contributed by atoms with Gasteiger partial charge in [0.1, 0.15) is 5.75 Å². The molecule has 3 rings (SSSR count). The Morgan fingerprint density at radius 1 is 1.09 bits per heavy atom. The van der Waals surface area contributed by atoms with Crippen LogP contribution in [0.3, 0.4) is 0 Å². The van der Waals surface area contributed by atoms with Gasteiger partial charge in [0.15, 0.2) is 0 Å². The minimum atomic E-state index is 0.477. The van der Waals surface area contributed by atoms with Gasteiger partial charge in [-0.25, -0.2) is 0 Å². The minimum Gasteiger partial charge on any atom is -0.496 e. The number of ether oxygens (including phenoxy) is 1. The molecule has 0 amide bonds. The van der Waals surface area contributed by atoms with E-state index < -0.39 is 0 Å². The molecule has 23 heavy (non-hydrogen) atoms. The van der Waals surface area contributed by atoms with Crippen molar-refractivity contribution < 1.29 is 9.15 Å². The highest BCUT2D eigenvalue weighted by molar-refractivity contribution is 7.98. The van der Waals surface area contributed by atoms with Crippen LogP contribution in [0.5, 0.6) is 5.75 Å². The van der Waals surface area contributed by atoms with Gasteiger partial charge in [-0.2, -0.15) is 0 Å². The first kappa shape index (κ1) is 15.6. The van der Waals surface area contributed by atoms with Crippen LogP contribution >= 0.6 is 11.8 Å². The van der Waals surface area contributed by atoms with Crippen molar-refractivity contribution in [2.45, 2.75) is 24.8 Å². The summed E-state index contributed by atoms with van der Waals surface area (Å²) in [6, 6.07) is 14.1. The van der Waals surface area contributed by atoms with Crippen LogP contribution in [-0.2, 0) is 5.75 Å². The molecule has 0 radical (unpaired) electrons. The maximum atomic E-state index is 5.76. The lowest BCUT2D eigenvalue weighted by atomic mass is 10.1. The lowest BCUT2D eigenvalue weighted by Crippen LogP contribution is -1.87. The number of hydrogen-bond donors (Lipinski definition) is 0. The van der Waals surface area contributed by atoms with Crippen molar-refractivity contribution in [3.63, 3.8) is 0 Å². The van der Waals surface area contributed by atoms with Gasteiger partial charge in [-0.1, -0.05) is 47.7 Å². The van der Waals surface area contributed by atoms with Gasteiger partial charge in [-0.3, -0.25) is 0 Å². The molecule has 0 aliphatic carbocycles. The molecule has 0 atom stereocenters. The van der Waals surface area contributed by atoms with Crippen LogP contribution in [-0.4, -0.2) is 17.3 Å². The Kier molecular flexibility index (Phi) is 4.67. The van der Waals surface area contributed by atoms with E-state index in [0.717, 1.165) is 17.1 Å². The summed E-state index contributed by atoms with van der Waals surface area (Å²) >= 11 is 1.54. The van der Waals surface area contributed by atoms with Crippen LogP contribution in [0, 0.1) is 13.8 Å². The first-order valence-electron chi connectivity index (χ1n) is 7.33. The number of nitrogens with zero attached hydrogens (tertiary/aromatic N) is 2. The third-order valence-electron chi connectivity index (χ3n) is 3.59. The summed E-state index contributed by atoms with van der Waals surface area (Å²) in [5, 5.41) is 8.81. The molecule has 0 saturated carbocycles. The predicted molar refractivity (Wildman–Crippen MR) is 91.8 cm³/mol. The van der Waals surface area contributed by atoms with Crippen LogP contribution in [0.1, 0.15) is 16.7 Å². The Morgan fingerprint density at radius 2 is 1.91 bits per heavy atom. The summed E-state index contributed by atoms with van der Waals surface area (Å²) in [7, 11) is 1.63. The Balaban J connectivity index is 1.75. The second kappa shape index (κ2) is 6.87. The molecule has 0 aliphatic heterocycles. The van der Waals surface area contributed by atoms with Gasteiger partial charge >= 0.3 is 0 Å². The largest absolute Gasteiger partial charge is 0.496 e. The molecule has 0 fully saturated rings. The highest BCUT2D eigenvalue weighted by atomic mass is 32.2. The SMILES string of the molecule is COc1ccccc1-c1nnc(SCc2ccc(C)cc2C)o1. The Bertz CT molecular complexity index is 814. The third kappa shape index (κ3) is 3.56. The standard InChI is InChI=1S/C18H18N2O2S/c1-12-8-9-14(13(2)10-12)11-23-18-20-19-17(22-18)15-6-4-5-7-16(15)21-3/h4-10H,11H2,1-3H3. The zero-order valence-corrected chi connectivity index (χ0v) is 14.2. The second-order valence-corrected chi connectivity index (χ2v) is 6.22. The van der Waals surface area contributed by atoms with Crippen molar-refractivity contribution in [1.82, 2.24) is 10.2 Å². The molecule has 118 valence electrons. The first-order chi connectivity index (χ1) is 11.2. The van der Waals surface area contributed by atoms with E-state index >= 15 is 0 Å². The van der Waals surface area contributed by atoms with Crippen LogP contribution in [0.15, 0.2) is 52.1 Å². The average molecular weight is 326 g/mol. The fourth-order valence-electron chi connectivity index (χ4n) is 2.35. The van der Waals surface area contributed by atoms with Gasteiger partial charge in [0.05, 0.1) is 12.7 Å². The van der Waals surface area contributed by atoms with E-state index in [0.29, 0.717) is 11.1 Å². The molecule has 0 N–H and O–H groups in total. The fourth-order valence-corrected chi connectivity index (χ4v) is 3.18. The fraction of sp³-hybridized carbons (Fsp3) is 0.222. The molecule has 4 nitrogen and oxygen atoms in total. The number of para-hydroxylation sites is 1. The molecule has 3 aromatic rings. The van der Waals surface area contributed by atoms with Gasteiger partial charge in [0, 0.05) is 5.75 Å². The number of rotatable bonds is 5. The van der Waals surface area contributed by atoms with E-state index in [-0.39, 0.29) is 0 Å². The Morgan fingerprint density at radius 3 is 2.70 bits per heavy atom. The van der Waals surface area contributed by atoms with Crippen LogP contribution < -0.4 is 4.74 Å². The summed E-state index contributed by atoms with van der Waals surface area (Å²) in [6.45, 7) is 4.22. The number of methoxy groups -OCH3 is 1. The molecular weight excluding hydrogens is 308 g/mol. The predicted octanol–water partition coefficient (Wildman–Crippen LogP) is 4.65. The maximum Gasteiger partial charge on any atom is 0.277 e. The van der Waals surface area contributed by atoms with Crippen molar-refractivity contribution in [3.05, 3.63) is 59.2 Å². The summed E-state index contributed by atoms with van der Waals surface area (Å²) in [5.74, 6) is 2.01. The quantitative estimate of drug-likeness (QED) is 0.638. The number of hydrogen-bond acceptors (Lipinski definition) is 5. The molecule has 2 aromatic carbocycles. The second-order valence-electron chi connectivity index (χ2n) is 5.29. The highest BCUT2D eigenvalue weighted by Crippen LogP contribution is 2.31. The summed E-state index contributed by atoms with van der Waals surface area (Å²) in [5.41, 5.74) is 4.63. The molecule has 0 spiro atoms.